The van der Waals surface area contributed by atoms with Crippen LogP contribution in [0, 0.1) is 18.2 Å². The molecule has 0 saturated heterocycles. The molecule has 0 radical (unpaired) electrons. The lowest BCUT2D eigenvalue weighted by Crippen LogP contribution is -2.46. The van der Waals surface area contributed by atoms with E-state index in [1.165, 1.54) is 6.07 Å². The first-order chi connectivity index (χ1) is 9.30. The van der Waals surface area contributed by atoms with Crippen LogP contribution in [0.5, 0.6) is 0 Å². The largest absolute Gasteiger partial charge is 0.370 e. The van der Waals surface area contributed by atoms with Crippen LogP contribution in [0.1, 0.15) is 55.5 Å². The molecule has 0 aliphatic heterocycles. The number of aryl methyl sites for hydroxylation is 1. The zero-order chi connectivity index (χ0) is 15.0. The second-order valence-electron chi connectivity index (χ2n) is 6.68. The van der Waals surface area contributed by atoms with Crippen LogP contribution in [0.15, 0.2) is 18.2 Å². The van der Waals surface area contributed by atoms with E-state index in [1.54, 1.807) is 19.2 Å². The Labute approximate surface area is 120 Å². The molecule has 1 fully saturated rings. The molecule has 1 aliphatic rings. The molecule has 2 nitrogen and oxygen atoms in total. The number of hydrogen-bond acceptors (Lipinski definition) is 2. The minimum Gasteiger partial charge on any atom is -0.370 e. The third-order valence-electron chi connectivity index (χ3n) is 4.58. The van der Waals surface area contributed by atoms with Gasteiger partial charge in [-0.2, -0.15) is 0 Å². The number of methoxy groups -OCH3 is 1. The normalized spacial score (nSPS) is 20.6. The van der Waals surface area contributed by atoms with Gasteiger partial charge in [0.1, 0.15) is 11.4 Å². The van der Waals surface area contributed by atoms with Crippen molar-refractivity contribution in [3.8, 4) is 0 Å². The van der Waals surface area contributed by atoms with Crippen LogP contribution >= 0.6 is 0 Å². The topological polar surface area (TPSA) is 26.3 Å². The summed E-state index contributed by atoms with van der Waals surface area (Å²) in [5, 5.41) is 0. The average Bonchev–Trinajstić information content (AvgIpc) is 2.41. The van der Waals surface area contributed by atoms with Crippen molar-refractivity contribution in [2.24, 2.45) is 5.41 Å². The van der Waals surface area contributed by atoms with Gasteiger partial charge in [-0.15, -0.1) is 0 Å². The van der Waals surface area contributed by atoms with Crippen LogP contribution in [0.25, 0.3) is 0 Å². The molecule has 0 spiro atoms. The highest BCUT2D eigenvalue weighted by Gasteiger charge is 2.45. The van der Waals surface area contributed by atoms with Gasteiger partial charge in [0.25, 0.3) is 0 Å². The van der Waals surface area contributed by atoms with Crippen LogP contribution in [-0.4, -0.2) is 18.5 Å². The molecule has 2 rings (SSSR count). The van der Waals surface area contributed by atoms with E-state index in [-0.39, 0.29) is 16.8 Å². The third kappa shape index (κ3) is 2.78. The maximum absolute atomic E-state index is 14.0. The van der Waals surface area contributed by atoms with Gasteiger partial charge in [-0.05, 0) is 50.2 Å². The van der Waals surface area contributed by atoms with Crippen molar-refractivity contribution in [3.05, 3.63) is 35.1 Å². The summed E-state index contributed by atoms with van der Waals surface area (Å²) in [5.74, 6) is -0.668. The van der Waals surface area contributed by atoms with Crippen molar-refractivity contribution in [3.63, 3.8) is 0 Å². The summed E-state index contributed by atoms with van der Waals surface area (Å²) >= 11 is 0. The van der Waals surface area contributed by atoms with Crippen LogP contribution in [-0.2, 0) is 4.74 Å². The van der Waals surface area contributed by atoms with Gasteiger partial charge in [-0.25, -0.2) is 4.39 Å². The Balaban J connectivity index is 2.32. The summed E-state index contributed by atoms with van der Waals surface area (Å²) in [7, 11) is 1.56. The smallest absolute Gasteiger partial charge is 0.197 e. The SMILES string of the molecule is COC1(C(=O)c2cc(C)ccc2F)CCC(C)(C)CC1. The highest BCUT2D eigenvalue weighted by atomic mass is 19.1. The molecule has 20 heavy (non-hydrogen) atoms. The van der Waals surface area contributed by atoms with Crippen molar-refractivity contribution >= 4 is 5.78 Å². The Morgan fingerprint density at radius 2 is 1.80 bits per heavy atom. The molecule has 0 unspecified atom stereocenters. The molecule has 1 aliphatic carbocycles. The van der Waals surface area contributed by atoms with Crippen molar-refractivity contribution in [2.45, 2.75) is 52.1 Å². The average molecular weight is 278 g/mol. The monoisotopic (exact) mass is 278 g/mol. The Morgan fingerprint density at radius 1 is 1.20 bits per heavy atom. The molecular weight excluding hydrogens is 255 g/mol. The van der Waals surface area contributed by atoms with E-state index in [2.05, 4.69) is 13.8 Å². The predicted octanol–water partition coefficient (Wildman–Crippen LogP) is 4.30. The van der Waals surface area contributed by atoms with Gasteiger partial charge in [-0.3, -0.25) is 4.79 Å². The lowest BCUT2D eigenvalue weighted by Gasteiger charge is -2.41. The molecular formula is C17H23FO2. The minimum atomic E-state index is -0.857. The number of carbonyl (C=O) groups is 1. The van der Waals surface area contributed by atoms with Gasteiger partial charge < -0.3 is 4.74 Å². The van der Waals surface area contributed by atoms with E-state index in [1.807, 2.05) is 6.92 Å². The van der Waals surface area contributed by atoms with Gasteiger partial charge in [-0.1, -0.05) is 25.5 Å². The number of hydrogen-bond donors (Lipinski definition) is 0. The molecule has 0 N–H and O–H groups in total. The maximum Gasteiger partial charge on any atom is 0.197 e. The van der Waals surface area contributed by atoms with Crippen LogP contribution in [0.4, 0.5) is 4.39 Å². The third-order valence-corrected chi connectivity index (χ3v) is 4.58. The second-order valence-corrected chi connectivity index (χ2v) is 6.68. The lowest BCUT2D eigenvalue weighted by molar-refractivity contribution is -0.0385. The van der Waals surface area contributed by atoms with Crippen molar-refractivity contribution in [1.29, 1.82) is 0 Å². The minimum absolute atomic E-state index is 0.159. The van der Waals surface area contributed by atoms with E-state index in [0.717, 1.165) is 18.4 Å². The highest BCUT2D eigenvalue weighted by molar-refractivity contribution is 6.03. The summed E-state index contributed by atoms with van der Waals surface area (Å²) < 4.78 is 19.5. The quantitative estimate of drug-likeness (QED) is 0.770. The van der Waals surface area contributed by atoms with Crippen molar-refractivity contribution in [2.75, 3.05) is 7.11 Å². The Kier molecular flexibility index (Phi) is 4.01. The predicted molar refractivity (Wildman–Crippen MR) is 77.5 cm³/mol. The van der Waals surface area contributed by atoms with E-state index < -0.39 is 11.4 Å². The van der Waals surface area contributed by atoms with Gasteiger partial charge in [0, 0.05) is 7.11 Å². The first-order valence-corrected chi connectivity index (χ1v) is 7.16. The molecule has 0 bridgehead atoms. The highest BCUT2D eigenvalue weighted by Crippen LogP contribution is 2.43. The molecule has 3 heteroatoms. The fraction of sp³-hybridized carbons (Fsp3) is 0.588. The number of ketones is 1. The van der Waals surface area contributed by atoms with Gasteiger partial charge in [0.15, 0.2) is 5.78 Å². The molecule has 110 valence electrons. The maximum atomic E-state index is 14.0. The first-order valence-electron chi connectivity index (χ1n) is 7.16. The van der Waals surface area contributed by atoms with E-state index in [9.17, 15) is 9.18 Å². The Bertz CT molecular complexity index is 510. The van der Waals surface area contributed by atoms with Crippen LogP contribution in [0.2, 0.25) is 0 Å². The number of ether oxygens (including phenoxy) is 1. The molecule has 1 saturated carbocycles. The summed E-state index contributed by atoms with van der Waals surface area (Å²) in [6, 6.07) is 4.66. The lowest BCUT2D eigenvalue weighted by atomic mass is 9.68. The number of benzene rings is 1. The second kappa shape index (κ2) is 5.28. The molecule has 0 atom stereocenters. The molecule has 0 amide bonds. The van der Waals surface area contributed by atoms with E-state index in [4.69, 9.17) is 4.74 Å². The summed E-state index contributed by atoms with van der Waals surface area (Å²) in [4.78, 5) is 12.8. The Hall–Kier alpha value is -1.22. The Morgan fingerprint density at radius 3 is 2.35 bits per heavy atom. The van der Waals surface area contributed by atoms with Gasteiger partial charge in [0.2, 0.25) is 0 Å². The first kappa shape index (κ1) is 15.2. The fourth-order valence-electron chi connectivity index (χ4n) is 2.91. The zero-order valence-corrected chi connectivity index (χ0v) is 12.8. The molecule has 0 heterocycles. The number of Topliss-reactive ketones (excluding diaryl/α,β-unsaturated/α-hetero) is 1. The van der Waals surface area contributed by atoms with E-state index in [0.29, 0.717) is 12.8 Å². The van der Waals surface area contributed by atoms with Gasteiger partial charge >= 0.3 is 0 Å². The molecule has 1 aromatic carbocycles. The molecule has 0 aromatic heterocycles. The summed E-state index contributed by atoms with van der Waals surface area (Å²) in [5.41, 5.74) is 0.418. The number of rotatable bonds is 3. The van der Waals surface area contributed by atoms with E-state index >= 15 is 0 Å². The number of halogens is 1. The van der Waals surface area contributed by atoms with Crippen molar-refractivity contribution in [1.82, 2.24) is 0 Å². The summed E-state index contributed by atoms with van der Waals surface area (Å²) in [6.45, 7) is 6.26. The zero-order valence-electron chi connectivity index (χ0n) is 12.8. The number of carbonyl (C=O) groups excluding carboxylic acids is 1. The van der Waals surface area contributed by atoms with Crippen LogP contribution in [0.3, 0.4) is 0 Å². The standard InChI is InChI=1S/C17H23FO2/c1-12-5-6-14(18)13(11-12)15(19)17(20-4)9-7-16(2,3)8-10-17/h5-6,11H,7-10H2,1-4H3. The van der Waals surface area contributed by atoms with Gasteiger partial charge in [0.05, 0.1) is 5.56 Å². The van der Waals surface area contributed by atoms with Crippen molar-refractivity contribution < 1.29 is 13.9 Å². The van der Waals surface area contributed by atoms with Crippen LogP contribution < -0.4 is 0 Å². The fourth-order valence-corrected chi connectivity index (χ4v) is 2.91. The molecule has 1 aromatic rings. The summed E-state index contributed by atoms with van der Waals surface area (Å²) in [6.07, 6.45) is 3.14.